The Kier molecular flexibility index (Phi) is 2.86. The van der Waals surface area contributed by atoms with Crippen molar-refractivity contribution in [2.24, 2.45) is 0 Å². The number of aromatic nitrogens is 5. The second-order valence-electron chi connectivity index (χ2n) is 4.18. The molecular weight excluding hydrogens is 244 g/mol. The molecule has 19 heavy (non-hydrogen) atoms. The van der Waals surface area contributed by atoms with Crippen LogP contribution in [0.2, 0.25) is 0 Å². The van der Waals surface area contributed by atoms with E-state index in [4.69, 9.17) is 4.42 Å². The zero-order chi connectivity index (χ0) is 13.2. The Bertz CT molecular complexity index is 701. The molecule has 0 radical (unpaired) electrons. The lowest BCUT2D eigenvalue weighted by Crippen LogP contribution is -2.07. The second-order valence-corrected chi connectivity index (χ2v) is 4.18. The number of hydrogen-bond acceptors (Lipinski definition) is 6. The van der Waals surface area contributed by atoms with Gasteiger partial charge in [0.05, 0.1) is 12.7 Å². The third kappa shape index (κ3) is 2.26. The molecule has 0 amide bonds. The van der Waals surface area contributed by atoms with Crippen LogP contribution in [0.4, 0.5) is 5.82 Å². The largest absolute Gasteiger partial charge is 0.444 e. The zero-order valence-electron chi connectivity index (χ0n) is 10.8. The molecule has 0 fully saturated rings. The van der Waals surface area contributed by atoms with Crippen molar-refractivity contribution in [3.63, 3.8) is 0 Å². The number of hydrogen-bond donors (Lipinski definition) is 1. The van der Waals surface area contributed by atoms with Crippen LogP contribution in [0.15, 0.2) is 23.0 Å². The minimum absolute atomic E-state index is 0.498. The topological polar surface area (TPSA) is 81.1 Å². The Morgan fingerprint density at radius 3 is 3.05 bits per heavy atom. The summed E-state index contributed by atoms with van der Waals surface area (Å²) in [5.74, 6) is 2.92. The Labute approximate surface area is 109 Å². The maximum Gasteiger partial charge on any atom is 0.254 e. The first-order valence-corrected chi connectivity index (χ1v) is 6.11. The van der Waals surface area contributed by atoms with E-state index in [0.717, 1.165) is 23.7 Å². The predicted molar refractivity (Wildman–Crippen MR) is 68.7 cm³/mol. The molecular formula is C12H14N6O. The minimum Gasteiger partial charge on any atom is -0.444 e. The number of nitrogens with zero attached hydrogens (tertiary/aromatic N) is 5. The highest BCUT2D eigenvalue weighted by Gasteiger charge is 2.07. The Balaban J connectivity index is 1.83. The molecule has 1 N–H and O–H groups in total. The zero-order valence-corrected chi connectivity index (χ0v) is 10.8. The molecule has 98 valence electrons. The van der Waals surface area contributed by atoms with Crippen molar-refractivity contribution in [2.45, 2.75) is 26.8 Å². The van der Waals surface area contributed by atoms with Crippen LogP contribution >= 0.6 is 0 Å². The van der Waals surface area contributed by atoms with Gasteiger partial charge in [-0.3, -0.25) is 0 Å². The van der Waals surface area contributed by atoms with E-state index in [1.54, 1.807) is 10.7 Å². The smallest absolute Gasteiger partial charge is 0.254 e. The van der Waals surface area contributed by atoms with Gasteiger partial charge in [-0.2, -0.15) is 14.6 Å². The number of anilines is 1. The van der Waals surface area contributed by atoms with Gasteiger partial charge in [-0.15, -0.1) is 0 Å². The number of aryl methyl sites for hydroxylation is 2. The lowest BCUT2D eigenvalue weighted by molar-refractivity contribution is 0.465. The molecule has 0 unspecified atom stereocenters. The molecule has 0 spiro atoms. The van der Waals surface area contributed by atoms with Gasteiger partial charge < -0.3 is 9.73 Å². The average molecular weight is 258 g/mol. The molecule has 0 aliphatic rings. The van der Waals surface area contributed by atoms with Gasteiger partial charge in [0.2, 0.25) is 5.89 Å². The van der Waals surface area contributed by atoms with E-state index in [9.17, 15) is 0 Å². The SMILES string of the molecule is CCc1cnc(CNc2cc(C)nc3ncnn23)o1. The summed E-state index contributed by atoms with van der Waals surface area (Å²) in [7, 11) is 0. The molecule has 0 aliphatic heterocycles. The molecule has 3 rings (SSSR count). The Morgan fingerprint density at radius 1 is 1.37 bits per heavy atom. The van der Waals surface area contributed by atoms with Crippen LogP contribution in [0, 0.1) is 6.92 Å². The second kappa shape index (κ2) is 4.68. The first kappa shape index (κ1) is 11.6. The van der Waals surface area contributed by atoms with Crippen LogP contribution in [0.5, 0.6) is 0 Å². The summed E-state index contributed by atoms with van der Waals surface area (Å²) >= 11 is 0. The molecule has 0 saturated carbocycles. The highest BCUT2D eigenvalue weighted by molar-refractivity contribution is 5.44. The third-order valence-corrected chi connectivity index (χ3v) is 2.75. The first-order chi connectivity index (χ1) is 9.26. The van der Waals surface area contributed by atoms with Crippen molar-refractivity contribution in [3.05, 3.63) is 35.9 Å². The van der Waals surface area contributed by atoms with Gasteiger partial charge in [-0.1, -0.05) is 6.92 Å². The standard InChI is InChI=1S/C12H14N6O/c1-3-9-5-14-11(19-9)6-13-10-4-8(2)17-12-15-7-16-18(10)12/h4-5,7,13H,3,6H2,1-2H3. The molecule has 0 aromatic carbocycles. The van der Waals surface area contributed by atoms with E-state index in [1.807, 2.05) is 19.9 Å². The first-order valence-electron chi connectivity index (χ1n) is 6.11. The van der Waals surface area contributed by atoms with Crippen molar-refractivity contribution in [1.29, 1.82) is 0 Å². The normalized spacial score (nSPS) is 11.1. The summed E-state index contributed by atoms with van der Waals surface area (Å²) in [6.45, 7) is 4.45. The molecule has 0 atom stereocenters. The predicted octanol–water partition coefficient (Wildman–Crippen LogP) is 1.60. The summed E-state index contributed by atoms with van der Waals surface area (Å²) in [6.07, 6.45) is 4.07. The summed E-state index contributed by atoms with van der Waals surface area (Å²) in [5, 5.41) is 7.36. The summed E-state index contributed by atoms with van der Waals surface area (Å²) in [6, 6.07) is 1.91. The molecule has 0 aliphatic carbocycles. The fraction of sp³-hybridized carbons (Fsp3) is 0.333. The van der Waals surface area contributed by atoms with Gasteiger partial charge in [-0.05, 0) is 6.92 Å². The van der Waals surface area contributed by atoms with E-state index >= 15 is 0 Å². The molecule has 0 saturated heterocycles. The van der Waals surface area contributed by atoms with E-state index in [-0.39, 0.29) is 0 Å². The van der Waals surface area contributed by atoms with Gasteiger partial charge in [-0.25, -0.2) is 9.97 Å². The summed E-state index contributed by atoms with van der Waals surface area (Å²) < 4.78 is 7.19. The van der Waals surface area contributed by atoms with Gasteiger partial charge in [0.15, 0.2) is 0 Å². The van der Waals surface area contributed by atoms with Crippen molar-refractivity contribution < 1.29 is 4.42 Å². The van der Waals surface area contributed by atoms with E-state index in [2.05, 4.69) is 25.4 Å². The van der Waals surface area contributed by atoms with Crippen LogP contribution in [-0.4, -0.2) is 24.6 Å². The molecule has 3 aromatic rings. The number of rotatable bonds is 4. The number of nitrogens with one attached hydrogen (secondary N) is 1. The van der Waals surface area contributed by atoms with Crippen molar-refractivity contribution in [1.82, 2.24) is 24.6 Å². The van der Waals surface area contributed by atoms with Crippen LogP contribution in [-0.2, 0) is 13.0 Å². The van der Waals surface area contributed by atoms with Crippen LogP contribution in [0.1, 0.15) is 24.3 Å². The fourth-order valence-corrected chi connectivity index (χ4v) is 1.82. The van der Waals surface area contributed by atoms with E-state index in [0.29, 0.717) is 18.2 Å². The van der Waals surface area contributed by atoms with Crippen LogP contribution < -0.4 is 5.32 Å². The highest BCUT2D eigenvalue weighted by Crippen LogP contribution is 2.12. The fourth-order valence-electron chi connectivity index (χ4n) is 1.82. The summed E-state index contributed by atoms with van der Waals surface area (Å²) in [5.41, 5.74) is 0.879. The van der Waals surface area contributed by atoms with Gasteiger partial charge in [0.1, 0.15) is 17.9 Å². The number of oxazole rings is 1. The maximum atomic E-state index is 5.54. The van der Waals surface area contributed by atoms with E-state index < -0.39 is 0 Å². The maximum absolute atomic E-state index is 5.54. The highest BCUT2D eigenvalue weighted by atomic mass is 16.4. The molecule has 3 heterocycles. The van der Waals surface area contributed by atoms with Gasteiger partial charge in [0, 0.05) is 18.2 Å². The van der Waals surface area contributed by atoms with Crippen molar-refractivity contribution in [2.75, 3.05) is 5.32 Å². The van der Waals surface area contributed by atoms with Crippen molar-refractivity contribution in [3.8, 4) is 0 Å². The average Bonchev–Trinajstić information content (AvgIpc) is 3.03. The Morgan fingerprint density at radius 2 is 2.26 bits per heavy atom. The van der Waals surface area contributed by atoms with Crippen LogP contribution in [0.25, 0.3) is 5.78 Å². The lowest BCUT2D eigenvalue weighted by atomic mass is 10.4. The van der Waals surface area contributed by atoms with Gasteiger partial charge in [0.25, 0.3) is 5.78 Å². The lowest BCUT2D eigenvalue weighted by Gasteiger charge is -2.06. The number of fused-ring (bicyclic) bond motifs is 1. The van der Waals surface area contributed by atoms with E-state index in [1.165, 1.54) is 6.33 Å². The quantitative estimate of drug-likeness (QED) is 0.765. The Hall–Kier alpha value is -2.44. The third-order valence-electron chi connectivity index (χ3n) is 2.75. The van der Waals surface area contributed by atoms with Crippen LogP contribution in [0.3, 0.4) is 0 Å². The monoisotopic (exact) mass is 258 g/mol. The molecule has 0 bridgehead atoms. The minimum atomic E-state index is 0.498. The molecule has 3 aromatic heterocycles. The van der Waals surface area contributed by atoms with Gasteiger partial charge >= 0.3 is 0 Å². The molecule has 7 nitrogen and oxygen atoms in total. The van der Waals surface area contributed by atoms with Crippen molar-refractivity contribution >= 4 is 11.6 Å². The summed E-state index contributed by atoms with van der Waals surface area (Å²) in [4.78, 5) is 12.6. The molecule has 7 heteroatoms.